The number of esters is 2. The number of fused-ring (bicyclic) bond motifs is 1. The van der Waals surface area contributed by atoms with Gasteiger partial charge >= 0.3 is 11.9 Å². The van der Waals surface area contributed by atoms with Crippen molar-refractivity contribution >= 4 is 23.7 Å². The predicted molar refractivity (Wildman–Crippen MR) is 138 cm³/mol. The van der Waals surface area contributed by atoms with E-state index in [0.717, 1.165) is 5.56 Å². The molecule has 7 nitrogen and oxygen atoms in total. The topological polar surface area (TPSA) is 80.3 Å². The largest absolute Gasteiger partial charge is 0.452 e. The number of carbonyl (C=O) groups excluding carboxylic acids is 2. The molecular formula is C29H28O7S. The molecule has 0 spiro atoms. The van der Waals surface area contributed by atoms with Crippen LogP contribution in [0.15, 0.2) is 91.0 Å². The molecule has 2 aliphatic heterocycles. The quantitative estimate of drug-likeness (QED) is 0.402. The minimum atomic E-state index is -0.918. The SMILES string of the molecule is CCS[C@@H]1O[C@@H]2COC(c3ccccc3)O[C@@H]2[C@H](OC(=O)c2ccccc2)[C@H]1OC(=O)c1ccccc1. The number of ether oxygens (including phenoxy) is 5. The number of benzene rings is 3. The first-order chi connectivity index (χ1) is 18.1. The summed E-state index contributed by atoms with van der Waals surface area (Å²) in [5.74, 6) is -0.352. The number of hydrogen-bond acceptors (Lipinski definition) is 8. The first kappa shape index (κ1) is 25.5. The average molecular weight is 521 g/mol. The van der Waals surface area contributed by atoms with Crippen molar-refractivity contribution in [2.75, 3.05) is 12.4 Å². The van der Waals surface area contributed by atoms with Crippen molar-refractivity contribution in [2.24, 2.45) is 0 Å². The number of carbonyl (C=O) groups is 2. The second-order valence-electron chi connectivity index (χ2n) is 8.65. The first-order valence-electron chi connectivity index (χ1n) is 12.2. The van der Waals surface area contributed by atoms with E-state index < -0.39 is 48.1 Å². The van der Waals surface area contributed by atoms with Gasteiger partial charge in [-0.1, -0.05) is 73.7 Å². The normalized spacial score (nSPS) is 27.1. The zero-order valence-electron chi connectivity index (χ0n) is 20.3. The molecule has 2 saturated heterocycles. The zero-order chi connectivity index (χ0) is 25.6. The fourth-order valence-electron chi connectivity index (χ4n) is 4.42. The van der Waals surface area contributed by atoms with E-state index in [1.54, 1.807) is 48.5 Å². The molecule has 1 unspecified atom stereocenters. The molecule has 8 heteroatoms. The molecule has 5 rings (SSSR count). The third kappa shape index (κ3) is 5.88. The summed E-state index contributed by atoms with van der Waals surface area (Å²) in [7, 11) is 0. The standard InChI is InChI=1S/C29H28O7S/c1-2-37-29-25(35-27(31)20-14-8-4-9-15-20)24(34-26(30)19-12-6-3-7-13-19)23-22(33-29)18-32-28(36-23)21-16-10-5-11-17-21/h3-17,22-25,28-29H,2,18H2,1H3/t22-,23+,24+,25-,28?,29+/m1/s1. The average Bonchev–Trinajstić information content (AvgIpc) is 2.96. The van der Waals surface area contributed by atoms with E-state index in [1.807, 2.05) is 49.4 Å². The fraction of sp³-hybridized carbons (Fsp3) is 0.310. The van der Waals surface area contributed by atoms with Crippen molar-refractivity contribution in [2.45, 2.75) is 43.1 Å². The van der Waals surface area contributed by atoms with Gasteiger partial charge in [-0.15, -0.1) is 11.8 Å². The maximum absolute atomic E-state index is 13.2. The van der Waals surface area contributed by atoms with Crippen LogP contribution in [0, 0.1) is 0 Å². The second-order valence-corrected chi connectivity index (χ2v) is 10.0. The summed E-state index contributed by atoms with van der Waals surface area (Å²) >= 11 is 1.48. The minimum absolute atomic E-state index is 0.240. The molecule has 0 N–H and O–H groups in total. The molecule has 2 aliphatic rings. The Labute approximate surface area is 220 Å². The molecule has 37 heavy (non-hydrogen) atoms. The number of thioether (sulfide) groups is 1. The smallest absolute Gasteiger partial charge is 0.338 e. The highest BCUT2D eigenvalue weighted by Gasteiger charge is 2.53. The molecule has 6 atom stereocenters. The molecule has 0 bridgehead atoms. The first-order valence-corrected chi connectivity index (χ1v) is 13.3. The molecule has 0 aliphatic carbocycles. The Hall–Kier alpha value is -3.17. The van der Waals surface area contributed by atoms with Crippen LogP contribution in [0.2, 0.25) is 0 Å². The molecule has 0 saturated carbocycles. The van der Waals surface area contributed by atoms with Crippen molar-refractivity contribution in [3.8, 4) is 0 Å². The monoisotopic (exact) mass is 520 g/mol. The molecule has 0 radical (unpaired) electrons. The van der Waals surface area contributed by atoms with Gasteiger partial charge in [-0.2, -0.15) is 0 Å². The Bertz CT molecular complexity index is 1170. The maximum Gasteiger partial charge on any atom is 0.338 e. The lowest BCUT2D eigenvalue weighted by molar-refractivity contribution is -0.317. The van der Waals surface area contributed by atoms with Crippen LogP contribution >= 0.6 is 11.8 Å². The summed E-state index contributed by atoms with van der Waals surface area (Å²) in [6.07, 6.45) is -3.72. The van der Waals surface area contributed by atoms with Gasteiger partial charge in [0.15, 0.2) is 18.5 Å². The van der Waals surface area contributed by atoms with Crippen LogP contribution in [0.3, 0.4) is 0 Å². The molecule has 2 heterocycles. The van der Waals surface area contributed by atoms with Crippen molar-refractivity contribution < 1.29 is 33.3 Å². The summed E-state index contributed by atoms with van der Waals surface area (Å²) < 4.78 is 30.7. The Morgan fingerprint density at radius 2 is 1.32 bits per heavy atom. The predicted octanol–water partition coefficient (Wildman–Crippen LogP) is 5.03. The third-order valence-corrected chi connectivity index (χ3v) is 7.23. The molecule has 2 fully saturated rings. The van der Waals surface area contributed by atoms with Crippen LogP contribution in [-0.4, -0.2) is 54.2 Å². The van der Waals surface area contributed by atoms with Crippen molar-refractivity contribution in [1.82, 2.24) is 0 Å². The van der Waals surface area contributed by atoms with Gasteiger partial charge < -0.3 is 23.7 Å². The lowest BCUT2D eigenvalue weighted by atomic mass is 9.98. The van der Waals surface area contributed by atoms with E-state index in [0.29, 0.717) is 16.9 Å². The van der Waals surface area contributed by atoms with Crippen molar-refractivity contribution in [3.63, 3.8) is 0 Å². The molecular weight excluding hydrogens is 492 g/mol. The lowest BCUT2D eigenvalue weighted by Gasteiger charge is -2.48. The molecule has 0 amide bonds. The maximum atomic E-state index is 13.2. The summed E-state index contributed by atoms with van der Waals surface area (Å²) in [5, 5.41) is 0. The number of rotatable bonds is 7. The Balaban J connectivity index is 1.47. The minimum Gasteiger partial charge on any atom is -0.452 e. The van der Waals surface area contributed by atoms with Gasteiger partial charge in [0.05, 0.1) is 17.7 Å². The second kappa shape index (κ2) is 11.9. The van der Waals surface area contributed by atoms with Gasteiger partial charge in [-0.3, -0.25) is 0 Å². The fourth-order valence-corrected chi connectivity index (χ4v) is 5.37. The molecule has 192 valence electrons. The van der Waals surface area contributed by atoms with Crippen LogP contribution in [0.1, 0.15) is 39.5 Å². The van der Waals surface area contributed by atoms with E-state index in [-0.39, 0.29) is 6.61 Å². The van der Waals surface area contributed by atoms with Crippen molar-refractivity contribution in [3.05, 3.63) is 108 Å². The summed E-state index contributed by atoms with van der Waals surface area (Å²) in [4.78, 5) is 26.3. The Kier molecular flexibility index (Phi) is 8.21. The highest BCUT2D eigenvalue weighted by Crippen LogP contribution is 2.39. The lowest BCUT2D eigenvalue weighted by Crippen LogP contribution is -2.63. The Morgan fingerprint density at radius 1 is 0.784 bits per heavy atom. The Morgan fingerprint density at radius 3 is 1.89 bits per heavy atom. The van der Waals surface area contributed by atoms with Crippen molar-refractivity contribution in [1.29, 1.82) is 0 Å². The summed E-state index contributed by atoms with van der Waals surface area (Å²) in [5.41, 5.74) is 1.04. The van der Waals surface area contributed by atoms with Gasteiger partial charge in [0, 0.05) is 5.56 Å². The van der Waals surface area contributed by atoms with E-state index in [4.69, 9.17) is 23.7 Å². The van der Waals surface area contributed by atoms with Crippen LogP contribution in [0.5, 0.6) is 0 Å². The van der Waals surface area contributed by atoms with Crippen LogP contribution in [-0.2, 0) is 23.7 Å². The van der Waals surface area contributed by atoms with E-state index in [1.165, 1.54) is 11.8 Å². The van der Waals surface area contributed by atoms with E-state index in [2.05, 4.69) is 0 Å². The highest BCUT2D eigenvalue weighted by atomic mass is 32.2. The van der Waals surface area contributed by atoms with Gasteiger partial charge in [0.2, 0.25) is 0 Å². The molecule has 3 aromatic carbocycles. The summed E-state index contributed by atoms with van der Waals surface area (Å²) in [6, 6.07) is 27.0. The van der Waals surface area contributed by atoms with E-state index in [9.17, 15) is 9.59 Å². The van der Waals surface area contributed by atoms with Crippen LogP contribution in [0.25, 0.3) is 0 Å². The van der Waals surface area contributed by atoms with Gasteiger partial charge in [0.1, 0.15) is 17.6 Å². The highest BCUT2D eigenvalue weighted by molar-refractivity contribution is 7.99. The van der Waals surface area contributed by atoms with Gasteiger partial charge in [0.25, 0.3) is 0 Å². The summed E-state index contributed by atoms with van der Waals surface area (Å²) in [6.45, 7) is 2.23. The van der Waals surface area contributed by atoms with E-state index >= 15 is 0 Å². The number of hydrogen-bond donors (Lipinski definition) is 0. The van der Waals surface area contributed by atoms with Crippen LogP contribution < -0.4 is 0 Å². The zero-order valence-corrected chi connectivity index (χ0v) is 21.1. The van der Waals surface area contributed by atoms with Crippen LogP contribution in [0.4, 0.5) is 0 Å². The third-order valence-electron chi connectivity index (χ3n) is 6.19. The molecule has 0 aromatic heterocycles. The molecule has 3 aromatic rings. The van der Waals surface area contributed by atoms with Gasteiger partial charge in [-0.05, 0) is 30.0 Å². The van der Waals surface area contributed by atoms with Gasteiger partial charge in [-0.25, -0.2) is 9.59 Å².